The van der Waals surface area contributed by atoms with E-state index in [1.54, 1.807) is 23.4 Å². The van der Waals surface area contributed by atoms with Gasteiger partial charge in [-0.2, -0.15) is 15.0 Å². The van der Waals surface area contributed by atoms with Crippen molar-refractivity contribution in [3.05, 3.63) is 70.5 Å². The summed E-state index contributed by atoms with van der Waals surface area (Å²) in [6.07, 6.45) is 5.59. The van der Waals surface area contributed by atoms with Crippen LogP contribution < -0.4 is 15.5 Å². The summed E-state index contributed by atoms with van der Waals surface area (Å²) in [5.74, 6) is 1.55. The number of carbonyl (C=O) groups is 2. The van der Waals surface area contributed by atoms with Crippen LogP contribution in [0.15, 0.2) is 42.7 Å². The second-order valence-corrected chi connectivity index (χ2v) is 15.8. The fourth-order valence-electron chi connectivity index (χ4n) is 8.26. The Bertz CT molecular complexity index is 2100. The highest BCUT2D eigenvalue weighted by molar-refractivity contribution is 5.97. The number of carbonyl (C=O) groups excluding carboxylic acids is 2. The number of rotatable bonds is 8. The molecule has 4 N–H and O–H groups in total. The molecule has 0 spiro atoms. The van der Waals surface area contributed by atoms with E-state index in [0.717, 1.165) is 56.6 Å². The number of hydrogen-bond acceptors (Lipinski definition) is 14. The lowest BCUT2D eigenvalue weighted by atomic mass is 9.95. The molecule has 0 saturated carbocycles. The smallest absolute Gasteiger partial charge is 0.258 e. The number of fused-ring (bicyclic) bond motifs is 1. The topological polar surface area (TPSA) is 190 Å². The Balaban J connectivity index is 0.857. The Hall–Kier alpha value is -5.61. The summed E-state index contributed by atoms with van der Waals surface area (Å²) >= 11 is 0. The van der Waals surface area contributed by atoms with Gasteiger partial charge in [0.15, 0.2) is 5.82 Å². The number of nitrogens with two attached hydrogens (primary N) is 1. The average Bonchev–Trinajstić information content (AvgIpc) is 3.51. The van der Waals surface area contributed by atoms with Crippen LogP contribution in [0, 0.1) is 5.92 Å². The van der Waals surface area contributed by atoms with Gasteiger partial charge in [-0.25, -0.2) is 9.97 Å². The molecule has 4 aliphatic heterocycles. The van der Waals surface area contributed by atoms with Gasteiger partial charge in [0.2, 0.25) is 23.8 Å². The Kier molecular flexibility index (Phi) is 11.1. The molecule has 2 amide bonds. The molecule has 0 unspecified atom stereocenters. The van der Waals surface area contributed by atoms with Gasteiger partial charge in [-0.15, -0.1) is 0 Å². The first-order valence-electron chi connectivity index (χ1n) is 20.0. The third-order valence-corrected chi connectivity index (χ3v) is 11.5. The number of anilines is 3. The zero-order chi connectivity index (χ0) is 39.6. The summed E-state index contributed by atoms with van der Waals surface area (Å²) in [4.78, 5) is 60.5. The van der Waals surface area contributed by atoms with Crippen molar-refractivity contribution in [3.8, 4) is 22.9 Å². The Morgan fingerprint density at radius 1 is 0.807 bits per heavy atom. The second kappa shape index (κ2) is 16.5. The first kappa shape index (κ1) is 38.3. The Morgan fingerprint density at radius 2 is 1.51 bits per heavy atom. The Morgan fingerprint density at radius 3 is 2.23 bits per heavy atom. The van der Waals surface area contributed by atoms with E-state index in [2.05, 4.69) is 47.8 Å². The van der Waals surface area contributed by atoms with E-state index >= 15 is 0 Å². The number of morpholine rings is 1. The molecule has 57 heavy (non-hydrogen) atoms. The third-order valence-electron chi connectivity index (χ3n) is 11.5. The molecular formula is C41H51N11O5. The van der Waals surface area contributed by atoms with Gasteiger partial charge in [0, 0.05) is 96.4 Å². The number of piperidine rings is 1. The summed E-state index contributed by atoms with van der Waals surface area (Å²) in [6.45, 7) is 12.6. The third kappa shape index (κ3) is 8.42. The van der Waals surface area contributed by atoms with Gasteiger partial charge in [0.1, 0.15) is 11.5 Å². The highest BCUT2D eigenvalue weighted by Crippen LogP contribution is 2.35. The summed E-state index contributed by atoms with van der Waals surface area (Å²) in [5, 5.41) is 20.8. The second-order valence-electron chi connectivity index (χ2n) is 15.8. The quantitative estimate of drug-likeness (QED) is 0.236. The molecule has 6 heterocycles. The van der Waals surface area contributed by atoms with E-state index in [1.165, 1.54) is 11.6 Å². The van der Waals surface area contributed by atoms with Crippen molar-refractivity contribution in [1.29, 1.82) is 0 Å². The van der Waals surface area contributed by atoms with Gasteiger partial charge in [0.25, 0.3) is 5.91 Å². The maximum Gasteiger partial charge on any atom is 0.258 e. The van der Waals surface area contributed by atoms with E-state index in [4.69, 9.17) is 25.4 Å². The number of nitrogens with zero attached hydrogens (tertiary/aromatic N) is 10. The minimum atomic E-state index is -0.252. The number of hydrogen-bond donors (Lipinski definition) is 3. The Labute approximate surface area is 332 Å². The zero-order valence-electron chi connectivity index (χ0n) is 32.7. The van der Waals surface area contributed by atoms with Crippen LogP contribution in [0.3, 0.4) is 0 Å². The molecular weight excluding hydrogens is 727 g/mol. The molecule has 16 nitrogen and oxygen atoms in total. The van der Waals surface area contributed by atoms with Crippen LogP contribution >= 0.6 is 0 Å². The predicted molar refractivity (Wildman–Crippen MR) is 214 cm³/mol. The van der Waals surface area contributed by atoms with E-state index < -0.39 is 0 Å². The van der Waals surface area contributed by atoms with E-state index in [1.807, 2.05) is 13.8 Å². The lowest BCUT2D eigenvalue weighted by Crippen LogP contribution is -2.44. The normalized spacial score (nSPS) is 18.2. The molecule has 0 aliphatic carbocycles. The summed E-state index contributed by atoms with van der Waals surface area (Å²) in [7, 11) is 0. The summed E-state index contributed by atoms with van der Waals surface area (Å²) in [5.41, 5.74) is 10.6. The predicted octanol–water partition coefficient (Wildman–Crippen LogP) is 3.39. The van der Waals surface area contributed by atoms with Gasteiger partial charge in [-0.1, -0.05) is 32.0 Å². The zero-order valence-corrected chi connectivity index (χ0v) is 32.7. The van der Waals surface area contributed by atoms with Gasteiger partial charge >= 0.3 is 0 Å². The minimum Gasteiger partial charge on any atom is -0.508 e. The van der Waals surface area contributed by atoms with E-state index in [-0.39, 0.29) is 46.7 Å². The van der Waals surface area contributed by atoms with Gasteiger partial charge < -0.3 is 40.3 Å². The summed E-state index contributed by atoms with van der Waals surface area (Å²) < 4.78 is 5.55. The molecule has 2 aromatic heterocycles. The van der Waals surface area contributed by atoms with Crippen molar-refractivity contribution in [2.24, 2.45) is 5.92 Å². The van der Waals surface area contributed by atoms with E-state index in [9.17, 15) is 19.8 Å². The van der Waals surface area contributed by atoms with Crippen LogP contribution in [0.25, 0.3) is 11.4 Å². The lowest BCUT2D eigenvalue weighted by Gasteiger charge is -2.34. The number of aromatic hydroxyl groups is 2. The number of nitrogen functional groups attached to an aromatic ring is 1. The molecule has 4 aromatic rings. The van der Waals surface area contributed by atoms with Crippen molar-refractivity contribution in [3.63, 3.8) is 0 Å². The molecule has 0 bridgehead atoms. The van der Waals surface area contributed by atoms with Crippen molar-refractivity contribution in [2.75, 3.05) is 81.1 Å². The highest BCUT2D eigenvalue weighted by Gasteiger charge is 2.32. The lowest BCUT2D eigenvalue weighted by molar-refractivity contribution is -0.136. The fourth-order valence-corrected chi connectivity index (χ4v) is 8.26. The SMILES string of the molecule is CC(C)c1cc(C(=O)N2Cc3ccc(CN4CCCN(C(=O)C5CCN(c6nc(-c7cnc(N)nc7)nc(N7CCOCC7)n6)CC5)CC4)cc3C2)c(O)cc1O. The first-order valence-corrected chi connectivity index (χ1v) is 20.0. The van der Waals surface area contributed by atoms with Crippen LogP contribution in [-0.2, 0) is 29.2 Å². The highest BCUT2D eigenvalue weighted by atomic mass is 16.5. The number of amides is 2. The largest absolute Gasteiger partial charge is 0.508 e. The van der Waals surface area contributed by atoms with Gasteiger partial charge in [0.05, 0.1) is 24.3 Å². The van der Waals surface area contributed by atoms with Crippen molar-refractivity contribution >= 4 is 29.7 Å². The minimum absolute atomic E-state index is 0.00673. The molecule has 3 fully saturated rings. The molecule has 300 valence electrons. The van der Waals surface area contributed by atoms with Crippen molar-refractivity contribution in [2.45, 2.75) is 58.7 Å². The number of benzene rings is 2. The van der Waals surface area contributed by atoms with Crippen LogP contribution in [0.5, 0.6) is 11.5 Å². The average molecular weight is 778 g/mol. The molecule has 3 saturated heterocycles. The monoisotopic (exact) mass is 777 g/mol. The first-order chi connectivity index (χ1) is 27.6. The van der Waals surface area contributed by atoms with Crippen LogP contribution in [0.1, 0.15) is 71.6 Å². The molecule has 0 atom stereocenters. The molecule has 4 aliphatic rings. The van der Waals surface area contributed by atoms with Crippen molar-refractivity contribution < 1.29 is 24.5 Å². The number of phenols is 2. The molecule has 0 radical (unpaired) electrons. The van der Waals surface area contributed by atoms with Crippen LogP contribution in [-0.4, -0.2) is 127 Å². The van der Waals surface area contributed by atoms with Crippen LogP contribution in [0.2, 0.25) is 0 Å². The maximum absolute atomic E-state index is 13.9. The van der Waals surface area contributed by atoms with Gasteiger partial charge in [-0.3, -0.25) is 14.5 Å². The fraction of sp³-hybridized carbons (Fsp3) is 0.488. The number of phenolic OH excluding ortho intramolecular Hbond substituents is 2. The molecule has 16 heteroatoms. The van der Waals surface area contributed by atoms with Gasteiger partial charge in [-0.05, 0) is 53.5 Å². The maximum atomic E-state index is 13.9. The molecule has 8 rings (SSSR count). The standard InChI is InChI=1S/C41H51N11O5/c1-26(2)32-19-33(35(54)20-34(32)53)38(56)52-24-29-5-4-27(18-30(29)25-52)23-48-8-3-9-49(13-12-48)37(55)28-6-10-50(11-7-28)40-45-36(31-21-43-39(42)44-22-31)46-41(47-40)51-14-16-57-17-15-51/h4-5,18-22,26,28,53-54H,3,6-17,23-25H2,1-2H3,(H2,42,43,44). The molecule has 2 aromatic carbocycles. The van der Waals surface area contributed by atoms with Crippen LogP contribution in [0.4, 0.5) is 17.8 Å². The number of ether oxygens (including phenoxy) is 1. The summed E-state index contributed by atoms with van der Waals surface area (Å²) in [6, 6.07) is 9.29. The van der Waals surface area contributed by atoms with Crippen molar-refractivity contribution in [1.82, 2.24) is 39.6 Å². The van der Waals surface area contributed by atoms with E-state index in [0.29, 0.717) is 87.9 Å². The number of aromatic nitrogens is 5.